The number of aliphatic carboxylic acids is 2. The number of guanidine groups is 1. The predicted molar refractivity (Wildman–Crippen MR) is 272 cm³/mol. The number of rotatable bonds is 15. The molecule has 3 rings (SSSR count). The lowest BCUT2D eigenvalue weighted by Gasteiger charge is -2.27. The Morgan fingerprint density at radius 1 is 0.797 bits per heavy atom. The van der Waals surface area contributed by atoms with Crippen molar-refractivity contribution in [2.24, 2.45) is 28.3 Å². The standard InChI is InChI=1S/C51H70N10O13/c1-7-35-46(67)55-31(5)45(66)60-39(25-33-16-18-34(62)19-17-33)48(69)61-40(50(72)73)27-43(64)57-37(14-11-23-54-51(52)53)47(68)58-36(30(4)44(65)59-38(49(70)71)21-22-42(63)56-35)20-15-28(2)24-29(3)41(74-6)26-32-12-9-8-10-13-32/h7-10,12-13,15-20,24,29-31,36-41,62H,11,14,21-23,25-27H2,1-6H3,(H,55,67)(H,56,63)(H,57,64)(H,58,68)(H,59,65)(H,60,66)(H,61,69)(H,70,71)(H,72,73)(H4,52,53,54)/b20-15+,28-24+,35-7+/t29-,30-,31+,36-,37-,38+,39-,40+,41-/m0/s1. The smallest absolute Gasteiger partial charge is 0.326 e. The number of carbonyl (C=O) groups excluding carboxylic acids is 7. The summed E-state index contributed by atoms with van der Waals surface area (Å²) in [6, 6.07) is 6.19. The second-order valence-electron chi connectivity index (χ2n) is 17.9. The number of carboxylic acid groups (broad SMARTS) is 2. The SMILES string of the molecule is C/C=C1/NC(=O)CC[C@H](C(=O)O)NC(=O)[C@@H](C)[C@H](/C=C/C(C)=C/[C@H](C)[C@H](Cc2ccccc2)OC)NC(=O)[C@H](CCCN=C(N)N)NC(=O)C[C@H](C(=O)O)NC(=O)[C@H](Cc2ccc(O)cc2)NC(=O)[C@@H](C)NC1=O. The van der Waals surface area contributed by atoms with Gasteiger partial charge in [0.2, 0.25) is 35.4 Å². The molecule has 14 N–H and O–H groups in total. The number of ether oxygens (including phenoxy) is 1. The molecule has 1 fully saturated rings. The Kier molecular flexibility index (Phi) is 24.5. The van der Waals surface area contributed by atoms with Gasteiger partial charge in [0, 0.05) is 32.4 Å². The van der Waals surface area contributed by atoms with E-state index in [2.05, 4.69) is 42.2 Å². The number of phenolic OH excluding ortho intramolecular Hbond substituents is 1. The first-order valence-corrected chi connectivity index (χ1v) is 24.0. The van der Waals surface area contributed by atoms with E-state index in [9.17, 15) is 58.5 Å². The van der Waals surface area contributed by atoms with Crippen LogP contribution in [0.25, 0.3) is 0 Å². The monoisotopic (exact) mass is 1030 g/mol. The minimum Gasteiger partial charge on any atom is -0.508 e. The minimum absolute atomic E-state index is 0.00787. The van der Waals surface area contributed by atoms with Crippen LogP contribution in [0.1, 0.15) is 77.8 Å². The van der Waals surface area contributed by atoms with E-state index in [4.69, 9.17) is 16.2 Å². The van der Waals surface area contributed by atoms with Crippen LogP contribution < -0.4 is 48.7 Å². The van der Waals surface area contributed by atoms with Crippen molar-refractivity contribution < 1.29 is 63.2 Å². The predicted octanol–water partition coefficient (Wildman–Crippen LogP) is 0.323. The summed E-state index contributed by atoms with van der Waals surface area (Å²) >= 11 is 0. The molecule has 23 heteroatoms. The van der Waals surface area contributed by atoms with Gasteiger partial charge in [0.15, 0.2) is 5.96 Å². The van der Waals surface area contributed by atoms with Gasteiger partial charge < -0.3 is 68.7 Å². The fraction of sp³-hybridized carbons (Fsp3) is 0.451. The van der Waals surface area contributed by atoms with E-state index in [1.165, 1.54) is 57.2 Å². The molecule has 2 aromatic carbocycles. The molecule has 9 atom stereocenters. The van der Waals surface area contributed by atoms with Crippen LogP contribution in [0.2, 0.25) is 0 Å². The van der Waals surface area contributed by atoms with E-state index in [0.29, 0.717) is 17.6 Å². The maximum absolute atomic E-state index is 14.3. The maximum atomic E-state index is 14.3. The zero-order valence-corrected chi connectivity index (χ0v) is 42.4. The van der Waals surface area contributed by atoms with Gasteiger partial charge in [0.25, 0.3) is 5.91 Å². The largest absolute Gasteiger partial charge is 0.508 e. The highest BCUT2D eigenvalue weighted by Gasteiger charge is 2.34. The number of carboxylic acids is 2. The van der Waals surface area contributed by atoms with Gasteiger partial charge in [0.1, 0.15) is 41.7 Å². The molecule has 0 aromatic heterocycles. The number of hydrogen-bond acceptors (Lipinski definition) is 12. The number of aromatic hydroxyl groups is 1. The zero-order valence-electron chi connectivity index (χ0n) is 42.4. The molecule has 23 nitrogen and oxygen atoms in total. The summed E-state index contributed by atoms with van der Waals surface area (Å²) < 4.78 is 5.81. The third-order valence-electron chi connectivity index (χ3n) is 12.0. The fourth-order valence-corrected chi connectivity index (χ4v) is 7.64. The van der Waals surface area contributed by atoms with Crippen molar-refractivity contribution in [2.45, 2.75) is 122 Å². The number of nitrogens with two attached hydrogens (primary N) is 2. The number of nitrogens with one attached hydrogen (secondary N) is 7. The number of carbonyl (C=O) groups is 9. The van der Waals surface area contributed by atoms with E-state index in [0.717, 1.165) is 5.56 Å². The summed E-state index contributed by atoms with van der Waals surface area (Å²) in [6.45, 7) is 7.86. The van der Waals surface area contributed by atoms with Crippen molar-refractivity contribution in [1.29, 1.82) is 0 Å². The summed E-state index contributed by atoms with van der Waals surface area (Å²) in [6.07, 6.45) is 4.55. The molecule has 0 radical (unpaired) electrons. The average Bonchev–Trinajstić information content (AvgIpc) is 3.35. The molecule has 7 amide bonds. The Morgan fingerprint density at radius 3 is 2.04 bits per heavy atom. The third-order valence-corrected chi connectivity index (χ3v) is 12.0. The van der Waals surface area contributed by atoms with Crippen LogP contribution in [0, 0.1) is 11.8 Å². The number of benzene rings is 2. The van der Waals surface area contributed by atoms with Crippen molar-refractivity contribution >= 4 is 59.2 Å². The van der Waals surface area contributed by atoms with Crippen LogP contribution in [0.15, 0.2) is 95.2 Å². The first kappa shape index (κ1) is 60.2. The summed E-state index contributed by atoms with van der Waals surface area (Å²) in [5.41, 5.74) is 12.8. The highest BCUT2D eigenvalue weighted by molar-refractivity contribution is 6.00. The van der Waals surface area contributed by atoms with Crippen LogP contribution >= 0.6 is 0 Å². The molecule has 0 bridgehead atoms. The van der Waals surface area contributed by atoms with Crippen LogP contribution in [-0.2, 0) is 60.7 Å². The molecule has 1 aliphatic heterocycles. The first-order valence-electron chi connectivity index (χ1n) is 24.0. The van der Waals surface area contributed by atoms with Gasteiger partial charge in [0.05, 0.1) is 24.5 Å². The molecular formula is C51H70N10O13. The van der Waals surface area contributed by atoms with Crippen LogP contribution in [0.4, 0.5) is 0 Å². The van der Waals surface area contributed by atoms with Crippen LogP contribution in [0.3, 0.4) is 0 Å². The molecule has 0 spiro atoms. The summed E-state index contributed by atoms with van der Waals surface area (Å²) in [7, 11) is 1.60. The quantitative estimate of drug-likeness (QED) is 0.0376. The lowest BCUT2D eigenvalue weighted by molar-refractivity contribution is -0.144. The molecule has 1 saturated heterocycles. The van der Waals surface area contributed by atoms with Crippen molar-refractivity contribution in [2.75, 3.05) is 13.7 Å². The van der Waals surface area contributed by atoms with E-state index >= 15 is 0 Å². The van der Waals surface area contributed by atoms with Gasteiger partial charge in [-0.3, -0.25) is 38.6 Å². The number of nitrogens with zero attached hydrogens (tertiary/aromatic N) is 1. The lowest BCUT2D eigenvalue weighted by Crippen LogP contribution is -2.57. The van der Waals surface area contributed by atoms with Gasteiger partial charge in [-0.1, -0.05) is 86.2 Å². The van der Waals surface area contributed by atoms with E-state index in [1.54, 1.807) is 20.1 Å². The van der Waals surface area contributed by atoms with Gasteiger partial charge in [-0.15, -0.1) is 0 Å². The highest BCUT2D eigenvalue weighted by Crippen LogP contribution is 2.19. The molecule has 74 heavy (non-hydrogen) atoms. The average molecular weight is 1030 g/mol. The Morgan fingerprint density at radius 2 is 1.43 bits per heavy atom. The van der Waals surface area contributed by atoms with Gasteiger partial charge in [-0.05, 0) is 69.7 Å². The number of phenols is 1. The zero-order chi connectivity index (χ0) is 55.1. The summed E-state index contributed by atoms with van der Waals surface area (Å²) in [5, 5.41) is 47.5. The Balaban J connectivity index is 2.11. The number of aliphatic imine (C=N–C) groups is 1. The topological polar surface area (TPSA) is 372 Å². The molecule has 0 unspecified atom stereocenters. The van der Waals surface area contributed by atoms with Crippen LogP contribution in [0.5, 0.6) is 5.75 Å². The van der Waals surface area contributed by atoms with Crippen molar-refractivity contribution in [3.63, 3.8) is 0 Å². The first-order chi connectivity index (χ1) is 35.0. The molecular weight excluding hydrogens is 961 g/mol. The van der Waals surface area contributed by atoms with E-state index in [1.807, 2.05) is 43.3 Å². The lowest BCUT2D eigenvalue weighted by atomic mass is 9.94. The highest BCUT2D eigenvalue weighted by atomic mass is 16.5. The number of methoxy groups -OCH3 is 1. The second kappa shape index (κ2) is 30.1. The van der Waals surface area contributed by atoms with Crippen molar-refractivity contribution in [3.8, 4) is 5.75 Å². The summed E-state index contributed by atoms with van der Waals surface area (Å²) in [5.74, 6) is -11.3. The summed E-state index contributed by atoms with van der Waals surface area (Å²) in [4.78, 5) is 125. The van der Waals surface area contributed by atoms with E-state index < -0.39 is 115 Å². The number of allylic oxidation sites excluding steroid dienone is 3. The number of hydrogen-bond donors (Lipinski definition) is 12. The molecule has 0 saturated carbocycles. The molecule has 1 heterocycles. The minimum atomic E-state index is -1.93. The van der Waals surface area contributed by atoms with Crippen LogP contribution in [-0.4, -0.2) is 131 Å². The molecule has 1 aliphatic rings. The maximum Gasteiger partial charge on any atom is 0.326 e. The normalized spacial score (nSPS) is 24.0. The second-order valence-corrected chi connectivity index (χ2v) is 17.9. The van der Waals surface area contributed by atoms with Crippen molar-refractivity contribution in [1.82, 2.24) is 37.2 Å². The molecule has 402 valence electrons. The van der Waals surface area contributed by atoms with Crippen molar-refractivity contribution in [3.05, 3.63) is 101 Å². The molecule has 2 aromatic rings. The van der Waals surface area contributed by atoms with Gasteiger partial charge >= 0.3 is 11.9 Å². The Labute approximate surface area is 429 Å². The fourth-order valence-electron chi connectivity index (χ4n) is 7.64. The molecule has 0 aliphatic carbocycles. The Hall–Kier alpha value is -8.08. The van der Waals surface area contributed by atoms with E-state index in [-0.39, 0.29) is 55.2 Å². The number of amides is 7. The third kappa shape index (κ3) is 20.6. The van der Waals surface area contributed by atoms with Gasteiger partial charge in [-0.2, -0.15) is 0 Å². The Bertz CT molecular complexity index is 2420. The van der Waals surface area contributed by atoms with Gasteiger partial charge in [-0.25, -0.2) is 9.59 Å².